The molecule has 0 fully saturated rings. The van der Waals surface area contributed by atoms with Crippen molar-refractivity contribution in [2.45, 2.75) is 19.3 Å². The van der Waals surface area contributed by atoms with Crippen LogP contribution in [-0.2, 0) is 13.2 Å². The van der Waals surface area contributed by atoms with Crippen LogP contribution in [0.2, 0.25) is 5.02 Å². The molecule has 0 spiro atoms. The van der Waals surface area contributed by atoms with Crippen LogP contribution in [0.1, 0.15) is 22.8 Å². The molecule has 3 aromatic carbocycles. The second-order valence-corrected chi connectivity index (χ2v) is 6.66. The minimum atomic E-state index is -0.589. The predicted molar refractivity (Wildman–Crippen MR) is 105 cm³/mol. The average molecular weight is 386 g/mol. The molecule has 2 N–H and O–H groups in total. The van der Waals surface area contributed by atoms with E-state index in [1.54, 1.807) is 18.2 Å². The summed E-state index contributed by atoms with van der Waals surface area (Å²) in [5.74, 6) is 0.428. The third-order valence-electron chi connectivity index (χ3n) is 4.17. The summed E-state index contributed by atoms with van der Waals surface area (Å²) < 4.78 is 18.9. The highest BCUT2D eigenvalue weighted by atomic mass is 35.5. The summed E-state index contributed by atoms with van der Waals surface area (Å²) in [5.41, 5.74) is 2.64. The maximum absolute atomic E-state index is 13.0. The molecule has 0 aliphatic heterocycles. The van der Waals surface area contributed by atoms with E-state index >= 15 is 0 Å². The van der Waals surface area contributed by atoms with Gasteiger partial charge in [-0.2, -0.15) is 0 Å². The van der Waals surface area contributed by atoms with Crippen molar-refractivity contribution in [1.82, 2.24) is 5.32 Å². The number of aliphatic hydroxyl groups excluding tert-OH is 1. The van der Waals surface area contributed by atoms with E-state index in [-0.39, 0.29) is 5.82 Å². The Morgan fingerprint density at radius 3 is 2.48 bits per heavy atom. The fraction of sp³-hybridized carbons (Fsp3) is 0.182. The molecule has 0 aromatic heterocycles. The first-order valence-electron chi connectivity index (χ1n) is 8.71. The van der Waals surface area contributed by atoms with Crippen LogP contribution in [0, 0.1) is 5.82 Å². The van der Waals surface area contributed by atoms with Gasteiger partial charge in [0.25, 0.3) is 0 Å². The number of aliphatic hydroxyl groups is 1. The summed E-state index contributed by atoms with van der Waals surface area (Å²) in [6.45, 7) is 1.25. The van der Waals surface area contributed by atoms with E-state index in [4.69, 9.17) is 16.3 Å². The molecule has 0 radical (unpaired) electrons. The van der Waals surface area contributed by atoms with Crippen molar-refractivity contribution in [3.8, 4) is 5.75 Å². The van der Waals surface area contributed by atoms with E-state index < -0.39 is 6.10 Å². The molecule has 0 bridgehead atoms. The Labute approximate surface area is 163 Å². The van der Waals surface area contributed by atoms with Crippen molar-refractivity contribution < 1.29 is 14.2 Å². The Bertz CT molecular complexity index is 856. The third-order valence-corrected chi connectivity index (χ3v) is 4.40. The minimum absolute atomic E-state index is 0.271. The fourth-order valence-corrected chi connectivity index (χ4v) is 2.90. The Hall–Kier alpha value is -2.40. The Morgan fingerprint density at radius 2 is 1.74 bits per heavy atom. The number of nitrogens with one attached hydrogen (secondary N) is 1. The van der Waals surface area contributed by atoms with E-state index in [1.165, 1.54) is 12.1 Å². The van der Waals surface area contributed by atoms with Crippen molar-refractivity contribution in [3.63, 3.8) is 0 Å². The molecule has 3 rings (SSSR count). The zero-order valence-electron chi connectivity index (χ0n) is 14.7. The monoisotopic (exact) mass is 385 g/mol. The van der Waals surface area contributed by atoms with E-state index in [1.807, 2.05) is 42.5 Å². The summed E-state index contributed by atoms with van der Waals surface area (Å²) in [5, 5.41) is 14.1. The topological polar surface area (TPSA) is 41.5 Å². The lowest BCUT2D eigenvalue weighted by Crippen LogP contribution is -2.21. The summed E-state index contributed by atoms with van der Waals surface area (Å²) >= 11 is 6.11. The van der Waals surface area contributed by atoms with Gasteiger partial charge in [0.05, 0.1) is 6.10 Å². The highest BCUT2D eigenvalue weighted by Gasteiger charge is 2.09. The number of rotatable bonds is 8. The molecular weight excluding hydrogens is 365 g/mol. The lowest BCUT2D eigenvalue weighted by molar-refractivity contribution is 0.174. The lowest BCUT2D eigenvalue weighted by Gasteiger charge is -2.15. The highest BCUT2D eigenvalue weighted by Crippen LogP contribution is 2.24. The number of hydrogen-bond acceptors (Lipinski definition) is 3. The smallest absolute Gasteiger partial charge is 0.124 e. The molecule has 1 atom stereocenters. The van der Waals surface area contributed by atoms with E-state index in [0.717, 1.165) is 16.7 Å². The highest BCUT2D eigenvalue weighted by molar-refractivity contribution is 6.30. The van der Waals surface area contributed by atoms with Gasteiger partial charge in [-0.15, -0.1) is 0 Å². The third kappa shape index (κ3) is 5.79. The second kappa shape index (κ2) is 9.51. The number of ether oxygens (including phenoxy) is 1. The molecule has 0 aliphatic rings. The largest absolute Gasteiger partial charge is 0.489 e. The zero-order valence-corrected chi connectivity index (χ0v) is 15.5. The van der Waals surface area contributed by atoms with E-state index in [2.05, 4.69) is 5.32 Å². The second-order valence-electron chi connectivity index (χ2n) is 6.22. The molecule has 0 heterocycles. The fourth-order valence-electron chi connectivity index (χ4n) is 2.71. The lowest BCUT2D eigenvalue weighted by atomic mass is 10.1. The van der Waals surface area contributed by atoms with Crippen LogP contribution < -0.4 is 10.1 Å². The van der Waals surface area contributed by atoms with Crippen LogP contribution in [0.15, 0.2) is 72.8 Å². The number of hydrogen-bond donors (Lipinski definition) is 2. The Morgan fingerprint density at radius 1 is 1.00 bits per heavy atom. The van der Waals surface area contributed by atoms with Gasteiger partial charge in [-0.25, -0.2) is 4.39 Å². The standard InChI is InChI=1S/C22H21ClFNO2/c23-19-8-11-22(27-15-16-6-9-20(24)10-7-16)18(12-19)13-25-14-21(26)17-4-2-1-3-5-17/h1-12,21,25-26H,13-15H2/t21-/m1/s1. The Balaban J connectivity index is 1.59. The average Bonchev–Trinajstić information content (AvgIpc) is 2.69. The van der Waals surface area contributed by atoms with Gasteiger partial charge in [0.15, 0.2) is 0 Å². The number of benzene rings is 3. The van der Waals surface area contributed by atoms with Crippen LogP contribution in [0.25, 0.3) is 0 Å². The van der Waals surface area contributed by atoms with Crippen molar-refractivity contribution in [1.29, 1.82) is 0 Å². The van der Waals surface area contributed by atoms with Gasteiger partial charge >= 0.3 is 0 Å². The first-order chi connectivity index (χ1) is 13.1. The number of halogens is 2. The van der Waals surface area contributed by atoms with Crippen molar-refractivity contribution in [2.24, 2.45) is 0 Å². The molecule has 3 aromatic rings. The van der Waals surface area contributed by atoms with Gasteiger partial charge in [0.1, 0.15) is 18.2 Å². The molecule has 5 heteroatoms. The van der Waals surface area contributed by atoms with Gasteiger partial charge in [0, 0.05) is 23.7 Å². The summed E-state index contributed by atoms with van der Waals surface area (Å²) in [7, 11) is 0. The maximum atomic E-state index is 13.0. The van der Waals surface area contributed by atoms with Crippen LogP contribution in [0.3, 0.4) is 0 Å². The predicted octanol–water partition coefficient (Wildman–Crippen LogP) is 4.88. The molecule has 0 unspecified atom stereocenters. The van der Waals surface area contributed by atoms with Gasteiger partial charge < -0.3 is 15.2 Å². The molecule has 3 nitrogen and oxygen atoms in total. The summed E-state index contributed by atoms with van der Waals surface area (Å²) in [6, 6.07) is 21.1. The van der Waals surface area contributed by atoms with Gasteiger partial charge in [0.2, 0.25) is 0 Å². The van der Waals surface area contributed by atoms with Gasteiger partial charge in [-0.05, 0) is 41.5 Å². The van der Waals surface area contributed by atoms with E-state index in [9.17, 15) is 9.50 Å². The molecule has 27 heavy (non-hydrogen) atoms. The SMILES string of the molecule is O[C@H](CNCc1cc(Cl)ccc1OCc1ccc(F)cc1)c1ccccc1. The molecule has 0 amide bonds. The van der Waals surface area contributed by atoms with E-state index in [0.29, 0.717) is 30.5 Å². The van der Waals surface area contributed by atoms with Crippen molar-refractivity contribution >= 4 is 11.6 Å². The Kier molecular flexibility index (Phi) is 6.82. The van der Waals surface area contributed by atoms with Crippen molar-refractivity contribution in [3.05, 3.63) is 100 Å². The van der Waals surface area contributed by atoms with Crippen LogP contribution in [0.4, 0.5) is 4.39 Å². The normalized spacial score (nSPS) is 12.0. The summed E-state index contributed by atoms with van der Waals surface area (Å²) in [4.78, 5) is 0. The zero-order chi connectivity index (χ0) is 19.1. The van der Waals surface area contributed by atoms with Crippen LogP contribution >= 0.6 is 11.6 Å². The first kappa shape index (κ1) is 19.4. The molecule has 0 saturated carbocycles. The summed E-state index contributed by atoms with van der Waals surface area (Å²) in [6.07, 6.45) is -0.589. The quantitative estimate of drug-likeness (QED) is 0.580. The molecule has 0 saturated heterocycles. The van der Waals surface area contributed by atoms with Crippen LogP contribution in [0.5, 0.6) is 5.75 Å². The van der Waals surface area contributed by atoms with Crippen molar-refractivity contribution in [2.75, 3.05) is 6.54 Å². The minimum Gasteiger partial charge on any atom is -0.489 e. The maximum Gasteiger partial charge on any atom is 0.124 e. The van der Waals surface area contributed by atoms with Crippen LogP contribution in [-0.4, -0.2) is 11.7 Å². The molecular formula is C22H21ClFNO2. The molecule has 0 aliphatic carbocycles. The molecule has 140 valence electrons. The van der Waals surface area contributed by atoms with Gasteiger partial charge in [-0.3, -0.25) is 0 Å². The van der Waals surface area contributed by atoms with Gasteiger partial charge in [-0.1, -0.05) is 54.1 Å². The first-order valence-corrected chi connectivity index (χ1v) is 9.09.